The van der Waals surface area contributed by atoms with E-state index in [1.54, 1.807) is 30.8 Å². The highest BCUT2D eigenvalue weighted by Gasteiger charge is 2.20. The van der Waals surface area contributed by atoms with Gasteiger partial charge in [-0.15, -0.1) is 11.8 Å². The zero-order chi connectivity index (χ0) is 9.42. The number of ketones is 1. The Labute approximate surface area is 81.0 Å². The number of phenols is 1. The molecule has 0 saturated carbocycles. The molecule has 1 aliphatic heterocycles. The van der Waals surface area contributed by atoms with Gasteiger partial charge in [-0.3, -0.25) is 4.79 Å². The van der Waals surface area contributed by atoms with Gasteiger partial charge in [-0.05, 0) is 31.0 Å². The number of hydrogen-bond acceptors (Lipinski definition) is 3. The molecule has 0 atom stereocenters. The molecule has 0 saturated heterocycles. The molecule has 0 bridgehead atoms. The first kappa shape index (κ1) is 8.63. The minimum absolute atomic E-state index is 0.0822. The molecule has 1 aromatic rings. The van der Waals surface area contributed by atoms with Crippen molar-refractivity contribution in [1.29, 1.82) is 0 Å². The van der Waals surface area contributed by atoms with Crippen LogP contribution in [0.4, 0.5) is 0 Å². The molecule has 0 aromatic heterocycles. The Morgan fingerprint density at radius 1 is 1.54 bits per heavy atom. The Kier molecular flexibility index (Phi) is 2.04. The first-order chi connectivity index (χ1) is 6.20. The number of Topliss-reactive ketones (excluding diaryl/α,β-unsaturated/α-hetero) is 1. The molecule has 1 aromatic carbocycles. The van der Waals surface area contributed by atoms with Crippen LogP contribution in [-0.2, 0) is 6.42 Å². The highest BCUT2D eigenvalue weighted by Crippen LogP contribution is 2.39. The van der Waals surface area contributed by atoms with Crippen molar-refractivity contribution in [3.63, 3.8) is 0 Å². The van der Waals surface area contributed by atoms with E-state index in [9.17, 15) is 9.90 Å². The van der Waals surface area contributed by atoms with E-state index >= 15 is 0 Å². The molecule has 3 heteroatoms. The molecule has 2 nitrogen and oxygen atoms in total. The molecule has 0 aliphatic carbocycles. The lowest BCUT2D eigenvalue weighted by molar-refractivity contribution is 0.101. The summed E-state index contributed by atoms with van der Waals surface area (Å²) in [6.45, 7) is 1.57. The fourth-order valence-corrected chi connectivity index (χ4v) is 2.72. The Bertz CT molecular complexity index is 371. The lowest BCUT2D eigenvalue weighted by Crippen LogP contribution is -1.98. The number of fused-ring (bicyclic) bond motifs is 1. The highest BCUT2D eigenvalue weighted by atomic mass is 32.2. The van der Waals surface area contributed by atoms with E-state index in [1.165, 1.54) is 0 Å². The Morgan fingerprint density at radius 2 is 2.31 bits per heavy atom. The van der Waals surface area contributed by atoms with Crippen LogP contribution >= 0.6 is 11.8 Å². The Morgan fingerprint density at radius 3 is 3.00 bits per heavy atom. The predicted octanol–water partition coefficient (Wildman–Crippen LogP) is 2.24. The average molecular weight is 194 g/mol. The van der Waals surface area contributed by atoms with Gasteiger partial charge >= 0.3 is 0 Å². The number of hydrogen-bond donors (Lipinski definition) is 1. The predicted molar refractivity (Wildman–Crippen MR) is 52.5 cm³/mol. The second kappa shape index (κ2) is 3.07. The van der Waals surface area contributed by atoms with Gasteiger partial charge in [0, 0.05) is 11.3 Å². The van der Waals surface area contributed by atoms with E-state index < -0.39 is 0 Å². The third-order valence-electron chi connectivity index (χ3n) is 2.22. The van der Waals surface area contributed by atoms with Gasteiger partial charge in [0.15, 0.2) is 5.78 Å². The van der Waals surface area contributed by atoms with E-state index in [1.807, 2.05) is 0 Å². The van der Waals surface area contributed by atoms with Crippen LogP contribution < -0.4 is 0 Å². The number of rotatable bonds is 1. The van der Waals surface area contributed by atoms with Crippen LogP contribution in [0, 0.1) is 0 Å². The van der Waals surface area contributed by atoms with Crippen molar-refractivity contribution >= 4 is 17.5 Å². The first-order valence-corrected chi connectivity index (χ1v) is 5.17. The second-order valence-corrected chi connectivity index (χ2v) is 4.20. The fourth-order valence-electron chi connectivity index (χ4n) is 1.61. The minimum atomic E-state index is 0.0822. The summed E-state index contributed by atoms with van der Waals surface area (Å²) in [6.07, 6.45) is 0.892. The smallest absolute Gasteiger partial charge is 0.160 e. The van der Waals surface area contributed by atoms with Crippen molar-refractivity contribution in [2.45, 2.75) is 18.2 Å². The Balaban J connectivity index is 2.62. The van der Waals surface area contributed by atoms with Crippen molar-refractivity contribution in [3.05, 3.63) is 23.3 Å². The van der Waals surface area contributed by atoms with Crippen molar-refractivity contribution in [1.82, 2.24) is 0 Å². The van der Waals surface area contributed by atoms with Crippen molar-refractivity contribution in [3.8, 4) is 5.75 Å². The molecule has 0 fully saturated rings. The molecule has 0 unspecified atom stereocenters. The SMILES string of the molecule is CC(=O)c1ccc(O)c2c1CCS2. The molecule has 0 radical (unpaired) electrons. The lowest BCUT2D eigenvalue weighted by Gasteiger charge is -2.05. The first-order valence-electron chi connectivity index (χ1n) is 4.18. The second-order valence-electron chi connectivity index (χ2n) is 3.09. The maximum atomic E-state index is 11.2. The summed E-state index contributed by atoms with van der Waals surface area (Å²) in [5.41, 5.74) is 1.79. The van der Waals surface area contributed by atoms with Gasteiger partial charge in [-0.25, -0.2) is 0 Å². The van der Waals surface area contributed by atoms with Crippen LogP contribution in [-0.4, -0.2) is 16.6 Å². The maximum Gasteiger partial charge on any atom is 0.160 e. The molecule has 0 spiro atoms. The van der Waals surface area contributed by atoms with Gasteiger partial charge in [-0.2, -0.15) is 0 Å². The normalized spacial score (nSPS) is 14.2. The number of aromatic hydroxyl groups is 1. The lowest BCUT2D eigenvalue weighted by atomic mass is 10.0. The summed E-state index contributed by atoms with van der Waals surface area (Å²) in [4.78, 5) is 12.1. The molecule has 1 aliphatic rings. The number of benzene rings is 1. The molecule has 1 heterocycles. The zero-order valence-corrected chi connectivity index (χ0v) is 8.15. The summed E-state index contributed by atoms with van der Waals surface area (Å²) in [5, 5.41) is 9.51. The molecule has 13 heavy (non-hydrogen) atoms. The molecule has 1 N–H and O–H groups in total. The van der Waals surface area contributed by atoms with Crippen molar-refractivity contribution in [2.75, 3.05) is 5.75 Å². The van der Waals surface area contributed by atoms with Crippen LogP contribution in [0.2, 0.25) is 0 Å². The van der Waals surface area contributed by atoms with E-state index in [0.29, 0.717) is 5.75 Å². The number of carbonyl (C=O) groups excluding carboxylic acids is 1. The summed E-state index contributed by atoms with van der Waals surface area (Å²) < 4.78 is 0. The Hall–Kier alpha value is -0.960. The summed E-state index contributed by atoms with van der Waals surface area (Å²) in [7, 11) is 0. The van der Waals surface area contributed by atoms with Crippen LogP contribution in [0.15, 0.2) is 17.0 Å². The van der Waals surface area contributed by atoms with Gasteiger partial charge in [-0.1, -0.05) is 0 Å². The van der Waals surface area contributed by atoms with Gasteiger partial charge in [0.2, 0.25) is 0 Å². The van der Waals surface area contributed by atoms with Gasteiger partial charge < -0.3 is 5.11 Å². The fraction of sp³-hybridized carbons (Fsp3) is 0.300. The average Bonchev–Trinajstić information content (AvgIpc) is 2.53. The molecule has 68 valence electrons. The number of phenolic OH excluding ortho intramolecular Hbond substituents is 1. The number of carbonyl (C=O) groups is 1. The van der Waals surface area contributed by atoms with Gasteiger partial charge in [0.25, 0.3) is 0 Å². The van der Waals surface area contributed by atoms with Gasteiger partial charge in [0.05, 0.1) is 4.90 Å². The van der Waals surface area contributed by atoms with Crippen LogP contribution in [0.5, 0.6) is 5.75 Å². The topological polar surface area (TPSA) is 37.3 Å². The largest absolute Gasteiger partial charge is 0.507 e. The van der Waals surface area contributed by atoms with Crippen LogP contribution in [0.1, 0.15) is 22.8 Å². The molecule has 0 amide bonds. The molecular formula is C10H10O2S. The third kappa shape index (κ3) is 1.33. The minimum Gasteiger partial charge on any atom is -0.507 e. The maximum absolute atomic E-state index is 11.2. The quantitative estimate of drug-likeness (QED) is 0.697. The van der Waals surface area contributed by atoms with Crippen molar-refractivity contribution in [2.24, 2.45) is 0 Å². The summed E-state index contributed by atoms with van der Waals surface area (Å²) >= 11 is 1.62. The van der Waals surface area contributed by atoms with Crippen LogP contribution in [0.3, 0.4) is 0 Å². The van der Waals surface area contributed by atoms with E-state index in [-0.39, 0.29) is 5.78 Å². The summed E-state index contributed by atoms with van der Waals surface area (Å²) in [6, 6.07) is 3.32. The standard InChI is InChI=1S/C10H10O2S/c1-6(11)7-2-3-9(12)10-8(7)4-5-13-10/h2-3,12H,4-5H2,1H3. The van der Waals surface area contributed by atoms with Crippen molar-refractivity contribution < 1.29 is 9.90 Å². The molecule has 2 rings (SSSR count). The third-order valence-corrected chi connectivity index (χ3v) is 3.37. The van der Waals surface area contributed by atoms with E-state index in [2.05, 4.69) is 0 Å². The number of thioether (sulfide) groups is 1. The van der Waals surface area contributed by atoms with E-state index in [0.717, 1.165) is 28.2 Å². The van der Waals surface area contributed by atoms with E-state index in [4.69, 9.17) is 0 Å². The molecular weight excluding hydrogens is 184 g/mol. The van der Waals surface area contributed by atoms with Gasteiger partial charge in [0.1, 0.15) is 5.75 Å². The zero-order valence-electron chi connectivity index (χ0n) is 7.33. The van der Waals surface area contributed by atoms with Crippen LogP contribution in [0.25, 0.3) is 0 Å². The monoisotopic (exact) mass is 194 g/mol. The highest BCUT2D eigenvalue weighted by molar-refractivity contribution is 7.99. The summed E-state index contributed by atoms with van der Waals surface area (Å²) in [5.74, 6) is 1.36.